The second kappa shape index (κ2) is 14.0. The normalized spacial score (nSPS) is 17.6. The van der Waals surface area contributed by atoms with E-state index in [0.29, 0.717) is 36.3 Å². The number of ether oxygens (including phenoxy) is 2. The molecule has 5 rings (SSSR count). The number of H-pyrrole nitrogens is 1. The second-order valence-electron chi connectivity index (χ2n) is 10.8. The average Bonchev–Trinajstić information content (AvgIpc) is 3.37. The summed E-state index contributed by atoms with van der Waals surface area (Å²) in [6.45, 7) is 1.87. The molecule has 0 radical (unpaired) electrons. The zero-order valence-corrected chi connectivity index (χ0v) is 24.8. The number of hydrogen-bond donors (Lipinski definition) is 4. The quantitative estimate of drug-likeness (QED) is 0.283. The van der Waals surface area contributed by atoms with Crippen LogP contribution in [0, 0.1) is 0 Å². The first kappa shape index (κ1) is 30.6. The molecule has 0 spiro atoms. The monoisotopic (exact) mass is 599 g/mol. The Morgan fingerprint density at radius 2 is 2.00 bits per heavy atom. The highest BCUT2D eigenvalue weighted by Gasteiger charge is 2.28. The lowest BCUT2D eigenvalue weighted by Gasteiger charge is -2.25. The highest BCUT2D eigenvalue weighted by atomic mass is 16.5. The first-order valence-electron chi connectivity index (χ1n) is 14.7. The number of amides is 3. The number of nitrogens with one attached hydrogen (secondary N) is 3. The van der Waals surface area contributed by atoms with Gasteiger partial charge in [0.15, 0.2) is 11.5 Å². The molecule has 0 fully saturated rings. The van der Waals surface area contributed by atoms with Crippen LogP contribution in [-0.2, 0) is 22.4 Å². The van der Waals surface area contributed by atoms with Crippen LogP contribution in [0.5, 0.6) is 11.5 Å². The van der Waals surface area contributed by atoms with Crippen molar-refractivity contribution in [2.45, 2.75) is 38.3 Å². The SMILES string of the molecule is COc1ccc2cc1OCCCN(C(=O)c1cccnc1)CC(=O)N[C@@H]([C@@H](C)O)C(=O)NCCc1c([nH]c3ccccc13)C2. The maximum Gasteiger partial charge on any atom is 0.255 e. The maximum absolute atomic E-state index is 13.3. The van der Waals surface area contributed by atoms with E-state index in [4.69, 9.17) is 9.47 Å². The average molecular weight is 600 g/mol. The number of aromatic amines is 1. The van der Waals surface area contributed by atoms with Gasteiger partial charge in [0.2, 0.25) is 11.8 Å². The van der Waals surface area contributed by atoms with E-state index in [1.54, 1.807) is 25.4 Å². The smallest absolute Gasteiger partial charge is 0.255 e. The Bertz CT molecular complexity index is 1620. The maximum atomic E-state index is 13.3. The molecule has 0 unspecified atom stereocenters. The molecule has 1 aliphatic heterocycles. The topological polar surface area (TPSA) is 146 Å². The van der Waals surface area contributed by atoms with Crippen LogP contribution in [-0.4, -0.2) is 83.2 Å². The molecule has 3 heterocycles. The Balaban J connectivity index is 1.45. The van der Waals surface area contributed by atoms with E-state index in [-0.39, 0.29) is 32.1 Å². The summed E-state index contributed by atoms with van der Waals surface area (Å²) in [5.74, 6) is -0.298. The van der Waals surface area contributed by atoms with Crippen molar-refractivity contribution in [1.82, 2.24) is 25.5 Å². The number of fused-ring (bicyclic) bond motifs is 5. The van der Waals surface area contributed by atoms with Crippen LogP contribution >= 0.6 is 0 Å². The Labute approximate surface area is 255 Å². The van der Waals surface area contributed by atoms with Crippen molar-refractivity contribution in [3.8, 4) is 11.5 Å². The third-order valence-corrected chi connectivity index (χ3v) is 7.63. The fraction of sp³-hybridized carbons (Fsp3) is 0.333. The van der Waals surface area contributed by atoms with E-state index in [0.717, 1.165) is 27.7 Å². The minimum absolute atomic E-state index is 0.202. The van der Waals surface area contributed by atoms with Crippen LogP contribution in [0.15, 0.2) is 67.0 Å². The molecule has 0 aliphatic carbocycles. The van der Waals surface area contributed by atoms with Crippen LogP contribution in [0.4, 0.5) is 0 Å². The molecule has 11 heteroatoms. The van der Waals surface area contributed by atoms with Crippen molar-refractivity contribution in [2.24, 2.45) is 0 Å². The summed E-state index contributed by atoms with van der Waals surface area (Å²) in [7, 11) is 1.58. The van der Waals surface area contributed by atoms with Gasteiger partial charge >= 0.3 is 0 Å². The number of rotatable bonds is 3. The number of hydrogen-bond acceptors (Lipinski definition) is 7. The minimum atomic E-state index is -1.19. The number of carbonyl (C=O) groups excluding carboxylic acids is 3. The molecule has 2 aromatic carbocycles. The molecular formula is C33H37N5O6. The molecule has 0 saturated heterocycles. The number of aliphatic hydroxyl groups excluding tert-OH is 1. The number of aromatic nitrogens is 2. The van der Waals surface area contributed by atoms with Crippen LogP contribution < -0.4 is 20.1 Å². The molecule has 11 nitrogen and oxygen atoms in total. The van der Waals surface area contributed by atoms with Gasteiger partial charge in [0, 0.05) is 48.5 Å². The largest absolute Gasteiger partial charge is 0.493 e. The molecule has 1 aliphatic rings. The summed E-state index contributed by atoms with van der Waals surface area (Å²) in [6.07, 6.45) is 3.38. The van der Waals surface area contributed by atoms with Crippen molar-refractivity contribution in [3.63, 3.8) is 0 Å². The van der Waals surface area contributed by atoms with E-state index in [9.17, 15) is 19.5 Å². The van der Waals surface area contributed by atoms with Crippen LogP contribution in [0.3, 0.4) is 0 Å². The molecule has 2 aromatic heterocycles. The highest BCUT2D eigenvalue weighted by molar-refractivity contribution is 5.97. The Kier molecular flexibility index (Phi) is 9.75. The molecular weight excluding hydrogens is 562 g/mol. The van der Waals surface area contributed by atoms with E-state index in [1.165, 1.54) is 18.0 Å². The Morgan fingerprint density at radius 3 is 2.77 bits per heavy atom. The van der Waals surface area contributed by atoms with Crippen molar-refractivity contribution in [2.75, 3.05) is 33.4 Å². The number of pyridine rings is 1. The third-order valence-electron chi connectivity index (χ3n) is 7.63. The Hall–Kier alpha value is -4.90. The van der Waals surface area contributed by atoms with Gasteiger partial charge in [-0.2, -0.15) is 0 Å². The van der Waals surface area contributed by atoms with Crippen molar-refractivity contribution < 1.29 is 29.0 Å². The van der Waals surface area contributed by atoms with E-state index >= 15 is 0 Å². The van der Waals surface area contributed by atoms with Gasteiger partial charge in [0.1, 0.15) is 6.04 Å². The Morgan fingerprint density at radius 1 is 1.16 bits per heavy atom. The number of carbonyl (C=O) groups is 3. The van der Waals surface area contributed by atoms with Gasteiger partial charge in [-0.15, -0.1) is 0 Å². The fourth-order valence-corrected chi connectivity index (χ4v) is 5.42. The number of nitrogens with zero attached hydrogens (tertiary/aromatic N) is 2. The number of para-hydroxylation sites is 1. The van der Waals surface area contributed by atoms with Gasteiger partial charge in [-0.1, -0.05) is 24.3 Å². The van der Waals surface area contributed by atoms with Gasteiger partial charge in [0.05, 0.1) is 31.9 Å². The highest BCUT2D eigenvalue weighted by Crippen LogP contribution is 2.31. The van der Waals surface area contributed by atoms with Crippen LogP contribution in [0.2, 0.25) is 0 Å². The number of aliphatic hydroxyl groups is 1. The molecule has 4 N–H and O–H groups in total. The van der Waals surface area contributed by atoms with Gasteiger partial charge in [-0.25, -0.2) is 0 Å². The predicted octanol–water partition coefficient (Wildman–Crippen LogP) is 2.61. The minimum Gasteiger partial charge on any atom is -0.493 e. The fourth-order valence-electron chi connectivity index (χ4n) is 5.42. The number of benzene rings is 2. The summed E-state index contributed by atoms with van der Waals surface area (Å²) in [5, 5.41) is 16.9. The molecule has 3 amide bonds. The first-order chi connectivity index (χ1) is 21.3. The molecule has 4 aromatic rings. The van der Waals surface area contributed by atoms with Crippen molar-refractivity contribution >= 4 is 28.6 Å². The van der Waals surface area contributed by atoms with Gasteiger partial charge in [0.25, 0.3) is 5.91 Å². The predicted molar refractivity (Wildman–Crippen MR) is 165 cm³/mol. The second-order valence-corrected chi connectivity index (χ2v) is 10.8. The number of methoxy groups -OCH3 is 1. The summed E-state index contributed by atoms with van der Waals surface area (Å²) in [6, 6.07) is 15.9. The first-order valence-corrected chi connectivity index (χ1v) is 14.7. The van der Waals surface area contributed by atoms with Gasteiger partial charge in [-0.05, 0) is 61.2 Å². The molecule has 2 atom stereocenters. The molecule has 230 valence electrons. The summed E-state index contributed by atoms with van der Waals surface area (Å²) >= 11 is 0. The molecule has 44 heavy (non-hydrogen) atoms. The summed E-state index contributed by atoms with van der Waals surface area (Å²) in [5.41, 5.74) is 4.41. The molecule has 0 saturated carbocycles. The third kappa shape index (κ3) is 7.17. The van der Waals surface area contributed by atoms with E-state index in [2.05, 4.69) is 20.6 Å². The van der Waals surface area contributed by atoms with E-state index < -0.39 is 24.0 Å². The van der Waals surface area contributed by atoms with Crippen molar-refractivity contribution in [1.29, 1.82) is 0 Å². The van der Waals surface area contributed by atoms with Crippen LogP contribution in [0.25, 0.3) is 10.9 Å². The lowest BCUT2D eigenvalue weighted by atomic mass is 10.0. The van der Waals surface area contributed by atoms with E-state index in [1.807, 2.05) is 42.5 Å². The van der Waals surface area contributed by atoms with Crippen molar-refractivity contribution in [3.05, 3.63) is 89.4 Å². The molecule has 2 bridgehead atoms. The van der Waals surface area contributed by atoms with Crippen LogP contribution in [0.1, 0.15) is 40.5 Å². The summed E-state index contributed by atoms with van der Waals surface area (Å²) in [4.78, 5) is 48.6. The zero-order valence-electron chi connectivity index (χ0n) is 24.8. The standard InChI is InChI=1S/C33H37N5O6/c1-21(39)31-32(41)35-14-12-25-24-8-3-4-9-26(24)36-27(25)17-22-10-11-28(43-2)29(18-22)44-16-6-15-38(20-30(40)37-31)33(42)23-7-5-13-34-19-23/h3-5,7-11,13,18-19,21,31,36,39H,6,12,14-17,20H2,1-2H3,(H,35,41)(H,37,40)/t21-,31+/m1/s1. The van der Waals surface area contributed by atoms with Gasteiger partial charge in [-0.3, -0.25) is 19.4 Å². The lowest BCUT2D eigenvalue weighted by molar-refractivity contribution is -0.131. The summed E-state index contributed by atoms with van der Waals surface area (Å²) < 4.78 is 11.7. The van der Waals surface area contributed by atoms with Gasteiger partial charge < -0.3 is 35.1 Å². The lowest BCUT2D eigenvalue weighted by Crippen LogP contribution is -2.55. The zero-order chi connectivity index (χ0) is 31.1.